The molecule has 1 aromatic rings. The summed E-state index contributed by atoms with van der Waals surface area (Å²) in [6.45, 7) is -0.0165. The number of urea groups is 1. The molecule has 2 rings (SSSR count). The Morgan fingerprint density at radius 2 is 2.23 bits per heavy atom. The van der Waals surface area contributed by atoms with Crippen molar-refractivity contribution in [3.63, 3.8) is 0 Å². The van der Waals surface area contributed by atoms with Crippen molar-refractivity contribution in [1.82, 2.24) is 4.90 Å². The zero-order chi connectivity index (χ0) is 16.3. The molecule has 0 aromatic heterocycles. The predicted molar refractivity (Wildman–Crippen MR) is 80.0 cm³/mol. The van der Waals surface area contributed by atoms with Crippen LogP contribution in [0.1, 0.15) is 16.8 Å². The summed E-state index contributed by atoms with van der Waals surface area (Å²) < 4.78 is 4.61. The van der Waals surface area contributed by atoms with Crippen LogP contribution in [0, 0.1) is 0 Å². The van der Waals surface area contributed by atoms with Crippen molar-refractivity contribution in [2.45, 2.75) is 12.0 Å². The van der Waals surface area contributed by atoms with Gasteiger partial charge in [0.25, 0.3) is 0 Å². The van der Waals surface area contributed by atoms with E-state index in [2.05, 4.69) is 10.1 Å². The van der Waals surface area contributed by atoms with Gasteiger partial charge in [0.15, 0.2) is 0 Å². The lowest BCUT2D eigenvalue weighted by molar-refractivity contribution is -0.00246. The number of likely N-dealkylation sites (tertiary alicyclic amines) is 1. The monoisotopic (exact) mass is 328 g/mol. The molecule has 3 N–H and O–H groups in total. The first kappa shape index (κ1) is 16.5. The number of hydrogen-bond donors (Lipinski definition) is 3. The number of hydrogen-bond acceptors (Lipinski definition) is 5. The molecule has 120 valence electrons. The molecule has 8 heteroatoms. The molecule has 0 saturated carbocycles. The normalized spacial score (nSPS) is 20.8. The second-order valence-electron chi connectivity index (χ2n) is 5.17. The topological polar surface area (TPSA) is 99.1 Å². The van der Waals surface area contributed by atoms with Crippen LogP contribution in [0.15, 0.2) is 18.2 Å². The molecule has 1 heterocycles. The van der Waals surface area contributed by atoms with Crippen molar-refractivity contribution in [2.75, 3.05) is 32.1 Å². The Labute approximate surface area is 132 Å². The standard InChI is InChI=1S/C14H17ClN2O5/c1-22-12(19)10-6-9(2-3-11(10)15)16-13(20)17-5-4-14(21,7-17)8-18/h2-3,6,18,21H,4-5,7-8H2,1H3,(H,16,20). The first-order chi connectivity index (χ1) is 10.4. The van der Waals surface area contributed by atoms with Crippen LogP contribution in [-0.4, -0.2) is 59.5 Å². The zero-order valence-corrected chi connectivity index (χ0v) is 12.8. The largest absolute Gasteiger partial charge is 0.465 e. The van der Waals surface area contributed by atoms with Crippen molar-refractivity contribution in [2.24, 2.45) is 0 Å². The summed E-state index contributed by atoms with van der Waals surface area (Å²) in [5, 5.41) is 21.9. The molecular formula is C14H17ClN2O5. The number of carbonyl (C=O) groups excluding carboxylic acids is 2. The summed E-state index contributed by atoms with van der Waals surface area (Å²) in [7, 11) is 1.24. The van der Waals surface area contributed by atoms with Gasteiger partial charge in [-0.05, 0) is 24.6 Å². The molecule has 2 amide bonds. The maximum Gasteiger partial charge on any atom is 0.339 e. The average Bonchev–Trinajstić information content (AvgIpc) is 2.92. The number of anilines is 1. The van der Waals surface area contributed by atoms with E-state index in [1.54, 1.807) is 6.07 Å². The van der Waals surface area contributed by atoms with E-state index in [1.165, 1.54) is 24.1 Å². The van der Waals surface area contributed by atoms with Crippen molar-refractivity contribution < 1.29 is 24.5 Å². The highest BCUT2D eigenvalue weighted by Crippen LogP contribution is 2.24. The Kier molecular flexibility index (Phi) is 4.90. The molecule has 1 atom stereocenters. The maximum absolute atomic E-state index is 12.1. The number of carbonyl (C=O) groups is 2. The number of methoxy groups -OCH3 is 1. The summed E-state index contributed by atoms with van der Waals surface area (Å²) in [5.74, 6) is -0.600. The fraction of sp³-hybridized carbons (Fsp3) is 0.429. The molecule has 1 unspecified atom stereocenters. The van der Waals surface area contributed by atoms with Gasteiger partial charge in [0.1, 0.15) is 5.60 Å². The van der Waals surface area contributed by atoms with E-state index in [-0.39, 0.29) is 17.1 Å². The van der Waals surface area contributed by atoms with E-state index in [9.17, 15) is 14.7 Å². The van der Waals surface area contributed by atoms with Crippen molar-refractivity contribution in [3.8, 4) is 0 Å². The molecule has 0 radical (unpaired) electrons. The molecule has 7 nitrogen and oxygen atoms in total. The van der Waals surface area contributed by atoms with Crippen molar-refractivity contribution >= 4 is 29.3 Å². The quantitative estimate of drug-likeness (QED) is 0.721. The summed E-state index contributed by atoms with van der Waals surface area (Å²) in [6.07, 6.45) is 0.310. The third-order valence-corrected chi connectivity index (χ3v) is 3.87. The minimum absolute atomic E-state index is 0.0484. The van der Waals surface area contributed by atoms with Gasteiger partial charge in [0.05, 0.1) is 30.8 Å². The lowest BCUT2D eigenvalue weighted by Gasteiger charge is -2.21. The minimum Gasteiger partial charge on any atom is -0.465 e. The Morgan fingerprint density at radius 3 is 2.82 bits per heavy atom. The number of halogens is 1. The molecule has 1 aromatic carbocycles. The number of amides is 2. The van der Waals surface area contributed by atoms with Crippen LogP contribution < -0.4 is 5.32 Å². The first-order valence-corrected chi connectivity index (χ1v) is 7.03. The van der Waals surface area contributed by atoms with E-state index in [4.69, 9.17) is 16.7 Å². The highest BCUT2D eigenvalue weighted by Gasteiger charge is 2.37. The molecule has 0 bridgehead atoms. The third kappa shape index (κ3) is 3.49. The minimum atomic E-state index is -1.26. The Hall–Kier alpha value is -1.83. The molecule has 1 aliphatic rings. The number of nitrogens with zero attached hydrogens (tertiary/aromatic N) is 1. The summed E-state index contributed by atoms with van der Waals surface area (Å²) in [4.78, 5) is 25.1. The average molecular weight is 329 g/mol. The highest BCUT2D eigenvalue weighted by molar-refractivity contribution is 6.33. The van der Waals surface area contributed by atoms with Crippen LogP contribution in [0.25, 0.3) is 0 Å². The summed E-state index contributed by atoms with van der Waals surface area (Å²) >= 11 is 5.90. The van der Waals surface area contributed by atoms with Gasteiger partial charge in [-0.25, -0.2) is 9.59 Å². The third-order valence-electron chi connectivity index (χ3n) is 3.54. The first-order valence-electron chi connectivity index (χ1n) is 6.65. The number of rotatable bonds is 3. The lowest BCUT2D eigenvalue weighted by Crippen LogP contribution is -2.40. The van der Waals surface area contributed by atoms with Crippen LogP contribution in [0.3, 0.4) is 0 Å². The number of ether oxygens (including phenoxy) is 1. The zero-order valence-electron chi connectivity index (χ0n) is 12.0. The molecule has 1 aliphatic heterocycles. The van der Waals surface area contributed by atoms with Crippen LogP contribution >= 0.6 is 11.6 Å². The van der Waals surface area contributed by atoms with Gasteiger partial charge < -0.3 is 25.2 Å². The maximum atomic E-state index is 12.1. The Balaban J connectivity index is 2.08. The van der Waals surface area contributed by atoms with Crippen molar-refractivity contribution in [1.29, 1.82) is 0 Å². The molecule has 22 heavy (non-hydrogen) atoms. The molecule has 1 fully saturated rings. The van der Waals surface area contributed by atoms with Gasteiger partial charge in [-0.15, -0.1) is 0 Å². The van der Waals surface area contributed by atoms with Crippen molar-refractivity contribution in [3.05, 3.63) is 28.8 Å². The second kappa shape index (κ2) is 6.51. The lowest BCUT2D eigenvalue weighted by atomic mass is 10.1. The van der Waals surface area contributed by atoms with E-state index >= 15 is 0 Å². The summed E-state index contributed by atoms with van der Waals surface area (Å²) in [6, 6.07) is 4.03. The second-order valence-corrected chi connectivity index (χ2v) is 5.58. The van der Waals surface area contributed by atoms with E-state index < -0.39 is 24.2 Å². The summed E-state index contributed by atoms with van der Waals surface area (Å²) in [5.41, 5.74) is -0.724. The number of benzene rings is 1. The van der Waals surface area contributed by atoms with E-state index in [1.807, 2.05) is 0 Å². The predicted octanol–water partition coefficient (Wildman–Crippen LogP) is 1.09. The number of nitrogens with one attached hydrogen (secondary N) is 1. The number of esters is 1. The Morgan fingerprint density at radius 1 is 1.50 bits per heavy atom. The highest BCUT2D eigenvalue weighted by atomic mass is 35.5. The van der Waals surface area contributed by atoms with Crippen LogP contribution in [0.2, 0.25) is 5.02 Å². The Bertz CT molecular complexity index is 595. The van der Waals surface area contributed by atoms with Gasteiger partial charge in [-0.1, -0.05) is 11.6 Å². The molecular weight excluding hydrogens is 312 g/mol. The van der Waals surface area contributed by atoms with Gasteiger partial charge >= 0.3 is 12.0 Å². The van der Waals surface area contributed by atoms with Gasteiger partial charge in [-0.3, -0.25) is 0 Å². The van der Waals surface area contributed by atoms with Crippen LogP contribution in [0.5, 0.6) is 0 Å². The van der Waals surface area contributed by atoms with Gasteiger partial charge in [0, 0.05) is 12.2 Å². The number of aliphatic hydroxyl groups is 2. The number of β-amino-alcohol motifs (C(OH)–C–C–N with tert-alkyl or cyclic N) is 1. The SMILES string of the molecule is COC(=O)c1cc(NC(=O)N2CCC(O)(CO)C2)ccc1Cl. The molecule has 1 saturated heterocycles. The van der Waals surface area contributed by atoms with Gasteiger partial charge in [-0.2, -0.15) is 0 Å². The van der Waals surface area contributed by atoms with Gasteiger partial charge in [0.2, 0.25) is 0 Å². The number of aliphatic hydroxyl groups excluding tert-OH is 1. The van der Waals surface area contributed by atoms with E-state index in [0.29, 0.717) is 18.7 Å². The fourth-order valence-electron chi connectivity index (χ4n) is 2.23. The molecule has 0 spiro atoms. The fourth-order valence-corrected chi connectivity index (χ4v) is 2.43. The van der Waals surface area contributed by atoms with Crippen LogP contribution in [0.4, 0.5) is 10.5 Å². The smallest absolute Gasteiger partial charge is 0.339 e. The molecule has 0 aliphatic carbocycles. The van der Waals surface area contributed by atoms with E-state index in [0.717, 1.165) is 0 Å². The van der Waals surface area contributed by atoms with Crippen LogP contribution in [-0.2, 0) is 4.74 Å².